The molecule has 0 saturated carbocycles. The average Bonchev–Trinajstić information content (AvgIpc) is 3.23. The molecule has 0 fully saturated rings. The molecule has 0 aliphatic rings. The van der Waals surface area contributed by atoms with Crippen LogP contribution in [-0.4, -0.2) is 16.9 Å². The van der Waals surface area contributed by atoms with Crippen LogP contribution in [0.15, 0.2) is 74.7 Å². The number of halogens is 1. The van der Waals surface area contributed by atoms with Gasteiger partial charge in [0.25, 0.3) is 0 Å². The van der Waals surface area contributed by atoms with Gasteiger partial charge in [-0.1, -0.05) is 35.9 Å². The van der Waals surface area contributed by atoms with E-state index in [-0.39, 0.29) is 0 Å². The highest BCUT2D eigenvalue weighted by Crippen LogP contribution is 2.23. The molecule has 3 rings (SSSR count). The summed E-state index contributed by atoms with van der Waals surface area (Å²) in [7, 11) is 0. The Morgan fingerprint density at radius 3 is 2.80 bits per heavy atom. The molecule has 0 atom stereocenters. The zero-order valence-electron chi connectivity index (χ0n) is 14.1. The normalized spacial score (nSPS) is 12.6. The van der Waals surface area contributed by atoms with Gasteiger partial charge in [-0.05, 0) is 38.1 Å². The number of nitrogens with zero attached hydrogens (tertiary/aromatic N) is 3. The van der Waals surface area contributed by atoms with Crippen molar-refractivity contribution < 1.29 is 4.42 Å². The van der Waals surface area contributed by atoms with Gasteiger partial charge in [0.05, 0.1) is 18.5 Å². The van der Waals surface area contributed by atoms with Crippen LogP contribution in [0.3, 0.4) is 0 Å². The van der Waals surface area contributed by atoms with Crippen molar-refractivity contribution in [3.05, 3.63) is 75.8 Å². The quantitative estimate of drug-likeness (QED) is 0.448. The average molecular weight is 372 g/mol. The minimum Gasteiger partial charge on any atom is -0.463 e. The molecule has 0 saturated heterocycles. The van der Waals surface area contributed by atoms with E-state index in [1.165, 1.54) is 11.3 Å². The van der Waals surface area contributed by atoms with Crippen LogP contribution in [0.5, 0.6) is 0 Å². The maximum atomic E-state index is 6.15. The van der Waals surface area contributed by atoms with Gasteiger partial charge in [0.15, 0.2) is 0 Å². The molecule has 0 aliphatic carbocycles. The predicted molar refractivity (Wildman–Crippen MR) is 104 cm³/mol. The monoisotopic (exact) mass is 371 g/mol. The molecule has 0 radical (unpaired) electrons. The summed E-state index contributed by atoms with van der Waals surface area (Å²) < 4.78 is 7.27. The second kappa shape index (κ2) is 7.68. The molecule has 2 aromatic heterocycles. The van der Waals surface area contributed by atoms with Crippen molar-refractivity contribution >= 4 is 28.6 Å². The Kier molecular flexibility index (Phi) is 5.36. The van der Waals surface area contributed by atoms with E-state index < -0.39 is 0 Å². The van der Waals surface area contributed by atoms with Gasteiger partial charge in [-0.25, -0.2) is 4.68 Å². The first-order chi connectivity index (χ1) is 12.0. The van der Waals surface area contributed by atoms with Gasteiger partial charge < -0.3 is 4.42 Å². The third-order valence-corrected chi connectivity index (χ3v) is 4.51. The van der Waals surface area contributed by atoms with E-state index in [1.807, 2.05) is 60.3 Å². The lowest BCUT2D eigenvalue weighted by atomic mass is 10.2. The Hall–Kier alpha value is -2.37. The number of hydrogen-bond acceptors (Lipinski definition) is 4. The van der Waals surface area contributed by atoms with Crippen LogP contribution in [0, 0.1) is 0 Å². The molecule has 0 N–H and O–H groups in total. The Balaban J connectivity index is 2.15. The molecule has 25 heavy (non-hydrogen) atoms. The largest absolute Gasteiger partial charge is 0.463 e. The van der Waals surface area contributed by atoms with E-state index in [0.717, 1.165) is 33.1 Å². The fourth-order valence-electron chi connectivity index (χ4n) is 2.24. The van der Waals surface area contributed by atoms with E-state index in [0.29, 0.717) is 11.6 Å². The molecule has 128 valence electrons. The van der Waals surface area contributed by atoms with Crippen LogP contribution in [0.25, 0.3) is 11.3 Å². The third-order valence-electron chi connectivity index (χ3n) is 3.42. The maximum Gasteiger partial charge on any atom is 0.206 e. The summed E-state index contributed by atoms with van der Waals surface area (Å²) in [6.07, 6.45) is 1.64. The standard InChI is InChI=1S/C19H18ClN3OS/c1-13(2)11-21-19-23(22-14(3)18-8-5-9-24-18)17(12-25-19)15-6-4-7-16(20)10-15/h4-10,12H,1,11H2,2-3H3. The van der Waals surface area contributed by atoms with Gasteiger partial charge in [0.1, 0.15) is 11.5 Å². The minimum absolute atomic E-state index is 0.560. The van der Waals surface area contributed by atoms with E-state index in [2.05, 4.69) is 11.6 Å². The lowest BCUT2D eigenvalue weighted by Gasteiger charge is -2.05. The second-order valence-corrected chi connectivity index (χ2v) is 6.93. The summed E-state index contributed by atoms with van der Waals surface area (Å²) in [5.74, 6) is 0.724. The SMILES string of the molecule is C=C(C)CN=c1scc(-c2cccc(Cl)c2)n1N=C(C)c1ccco1. The van der Waals surface area contributed by atoms with Gasteiger partial charge in [0, 0.05) is 16.0 Å². The summed E-state index contributed by atoms with van der Waals surface area (Å²) in [6, 6.07) is 11.4. The molecule has 6 heteroatoms. The van der Waals surface area contributed by atoms with E-state index in [1.54, 1.807) is 6.26 Å². The van der Waals surface area contributed by atoms with Crippen molar-refractivity contribution in [2.45, 2.75) is 13.8 Å². The summed E-state index contributed by atoms with van der Waals surface area (Å²) >= 11 is 7.68. The first-order valence-electron chi connectivity index (χ1n) is 7.75. The number of thiazole rings is 1. The Labute approximate surface area is 155 Å². The van der Waals surface area contributed by atoms with E-state index in [4.69, 9.17) is 21.1 Å². The first kappa shape index (κ1) is 17.5. The number of benzene rings is 1. The molecule has 0 spiro atoms. The van der Waals surface area contributed by atoms with Gasteiger partial charge in [-0.3, -0.25) is 4.99 Å². The molecular formula is C19H18ClN3OS. The Morgan fingerprint density at radius 2 is 2.12 bits per heavy atom. The summed E-state index contributed by atoms with van der Waals surface area (Å²) in [5, 5.41) is 7.44. The molecule has 0 aliphatic heterocycles. The van der Waals surface area contributed by atoms with Crippen molar-refractivity contribution in [1.82, 2.24) is 4.68 Å². The summed E-state index contributed by atoms with van der Waals surface area (Å²) in [5.41, 5.74) is 3.68. The van der Waals surface area contributed by atoms with Crippen molar-refractivity contribution in [2.24, 2.45) is 10.1 Å². The van der Waals surface area contributed by atoms with Crippen LogP contribution >= 0.6 is 22.9 Å². The topological polar surface area (TPSA) is 42.8 Å². The molecule has 4 nitrogen and oxygen atoms in total. The van der Waals surface area contributed by atoms with Crippen LogP contribution in [-0.2, 0) is 0 Å². The number of hydrogen-bond donors (Lipinski definition) is 0. The number of furan rings is 1. The van der Waals surface area contributed by atoms with Crippen molar-refractivity contribution in [3.8, 4) is 11.3 Å². The zero-order valence-corrected chi connectivity index (χ0v) is 15.6. The second-order valence-electron chi connectivity index (χ2n) is 5.66. The van der Waals surface area contributed by atoms with Crippen molar-refractivity contribution in [3.63, 3.8) is 0 Å². The van der Waals surface area contributed by atoms with Gasteiger partial charge in [-0.2, -0.15) is 5.10 Å². The lowest BCUT2D eigenvalue weighted by molar-refractivity contribution is 0.556. The van der Waals surface area contributed by atoms with E-state index >= 15 is 0 Å². The summed E-state index contributed by atoms with van der Waals surface area (Å²) in [6.45, 7) is 8.34. The molecule has 3 aromatic rings. The van der Waals surface area contributed by atoms with Gasteiger partial charge >= 0.3 is 0 Å². The molecule has 2 heterocycles. The molecule has 0 unspecified atom stereocenters. The third kappa shape index (κ3) is 4.18. The molecule has 0 bridgehead atoms. The zero-order chi connectivity index (χ0) is 17.8. The Morgan fingerprint density at radius 1 is 1.28 bits per heavy atom. The minimum atomic E-state index is 0.560. The summed E-state index contributed by atoms with van der Waals surface area (Å²) in [4.78, 5) is 5.42. The van der Waals surface area contributed by atoms with Crippen LogP contribution in [0.4, 0.5) is 0 Å². The molecule has 1 aromatic carbocycles. The highest BCUT2D eigenvalue weighted by atomic mass is 35.5. The van der Waals surface area contributed by atoms with Crippen LogP contribution in [0.2, 0.25) is 5.02 Å². The maximum absolute atomic E-state index is 6.15. The predicted octanol–water partition coefficient (Wildman–Crippen LogP) is 5.21. The molecule has 0 amide bonds. The number of aromatic nitrogens is 1. The highest BCUT2D eigenvalue weighted by molar-refractivity contribution is 7.07. The van der Waals surface area contributed by atoms with Crippen LogP contribution in [0.1, 0.15) is 19.6 Å². The highest BCUT2D eigenvalue weighted by Gasteiger charge is 2.10. The number of rotatable bonds is 5. The van der Waals surface area contributed by atoms with Crippen LogP contribution < -0.4 is 4.80 Å². The first-order valence-corrected chi connectivity index (χ1v) is 9.01. The van der Waals surface area contributed by atoms with Crippen molar-refractivity contribution in [2.75, 3.05) is 6.54 Å². The Bertz CT molecular complexity index is 980. The van der Waals surface area contributed by atoms with Gasteiger partial charge in [0.2, 0.25) is 4.80 Å². The smallest absolute Gasteiger partial charge is 0.206 e. The van der Waals surface area contributed by atoms with Crippen molar-refractivity contribution in [1.29, 1.82) is 0 Å². The fourth-order valence-corrected chi connectivity index (χ4v) is 3.26. The fraction of sp³-hybridized carbons (Fsp3) is 0.158. The lowest BCUT2D eigenvalue weighted by Crippen LogP contribution is -2.14. The van der Waals surface area contributed by atoms with E-state index in [9.17, 15) is 0 Å². The van der Waals surface area contributed by atoms with Gasteiger partial charge in [-0.15, -0.1) is 11.3 Å². The molecular weight excluding hydrogens is 354 g/mol.